The van der Waals surface area contributed by atoms with Gasteiger partial charge in [0, 0.05) is 17.9 Å². The fraction of sp³-hybridized carbons (Fsp3) is 0.231. The summed E-state index contributed by atoms with van der Waals surface area (Å²) in [6.07, 6.45) is 0. The van der Waals surface area contributed by atoms with Crippen LogP contribution in [0.3, 0.4) is 0 Å². The molecule has 0 saturated heterocycles. The molecule has 2 aromatic rings. The Hall–Kier alpha value is -1.48. The highest BCUT2D eigenvalue weighted by molar-refractivity contribution is 7.13. The predicted octanol–water partition coefficient (Wildman–Crippen LogP) is 3.63. The number of hydrogen-bond donors (Lipinski definition) is 0. The van der Waals surface area contributed by atoms with E-state index in [1.54, 1.807) is 6.92 Å². The van der Waals surface area contributed by atoms with Gasteiger partial charge in [-0.25, -0.2) is 4.98 Å². The van der Waals surface area contributed by atoms with Gasteiger partial charge in [0.05, 0.1) is 0 Å². The van der Waals surface area contributed by atoms with Crippen LogP contribution in [0.15, 0.2) is 23.6 Å². The number of hydrogen-bond acceptors (Lipinski definition) is 3. The van der Waals surface area contributed by atoms with Crippen molar-refractivity contribution in [1.29, 1.82) is 0 Å². The molecule has 2 rings (SSSR count). The van der Waals surface area contributed by atoms with E-state index in [-0.39, 0.29) is 5.78 Å². The Kier molecular flexibility index (Phi) is 2.88. The standard InChI is InChI=1S/C13H13NOS/c1-8-4-5-11(6-9(8)2)13-14-12(7-16-13)10(3)15/h4-7H,1-3H3. The first-order valence-corrected chi connectivity index (χ1v) is 6.00. The number of rotatable bonds is 2. The van der Waals surface area contributed by atoms with E-state index in [0.717, 1.165) is 10.6 Å². The Morgan fingerprint density at radius 2 is 2.00 bits per heavy atom. The topological polar surface area (TPSA) is 30.0 Å². The Morgan fingerprint density at radius 3 is 2.56 bits per heavy atom. The second-order valence-corrected chi connectivity index (χ2v) is 4.75. The first-order chi connectivity index (χ1) is 7.58. The fourth-order valence-corrected chi connectivity index (χ4v) is 2.30. The molecule has 82 valence electrons. The van der Waals surface area contributed by atoms with Crippen LogP contribution in [-0.4, -0.2) is 10.8 Å². The first-order valence-electron chi connectivity index (χ1n) is 5.12. The third-order valence-electron chi connectivity index (χ3n) is 2.62. The van der Waals surface area contributed by atoms with Gasteiger partial charge in [0.1, 0.15) is 10.7 Å². The molecule has 0 aliphatic heterocycles. The number of carbonyl (C=O) groups is 1. The lowest BCUT2D eigenvalue weighted by Gasteiger charge is -2.01. The summed E-state index contributed by atoms with van der Waals surface area (Å²) in [5, 5.41) is 2.72. The van der Waals surface area contributed by atoms with Gasteiger partial charge in [-0.05, 0) is 31.0 Å². The number of Topliss-reactive ketones (excluding diaryl/α,β-unsaturated/α-hetero) is 1. The molecule has 3 heteroatoms. The molecule has 2 nitrogen and oxygen atoms in total. The molecule has 0 radical (unpaired) electrons. The average molecular weight is 231 g/mol. The molecule has 0 bridgehead atoms. The summed E-state index contributed by atoms with van der Waals surface area (Å²) in [7, 11) is 0. The molecule has 0 N–H and O–H groups in total. The van der Waals surface area contributed by atoms with Crippen molar-refractivity contribution in [2.45, 2.75) is 20.8 Å². The number of aryl methyl sites for hydroxylation is 2. The van der Waals surface area contributed by atoms with Crippen molar-refractivity contribution < 1.29 is 4.79 Å². The molecule has 0 unspecified atom stereocenters. The lowest BCUT2D eigenvalue weighted by Crippen LogP contribution is -1.91. The monoisotopic (exact) mass is 231 g/mol. The van der Waals surface area contributed by atoms with Crippen molar-refractivity contribution >= 4 is 17.1 Å². The van der Waals surface area contributed by atoms with Crippen molar-refractivity contribution in [2.75, 3.05) is 0 Å². The number of ketones is 1. The maximum atomic E-state index is 11.2. The number of aromatic nitrogens is 1. The third-order valence-corrected chi connectivity index (χ3v) is 3.51. The van der Waals surface area contributed by atoms with Gasteiger partial charge in [-0.2, -0.15) is 0 Å². The highest BCUT2D eigenvalue weighted by Gasteiger charge is 2.08. The fourth-order valence-electron chi connectivity index (χ4n) is 1.44. The van der Waals surface area contributed by atoms with E-state index in [9.17, 15) is 4.79 Å². The van der Waals surface area contributed by atoms with Gasteiger partial charge in [0.25, 0.3) is 0 Å². The summed E-state index contributed by atoms with van der Waals surface area (Å²) in [6, 6.07) is 6.24. The predicted molar refractivity (Wildman–Crippen MR) is 67.0 cm³/mol. The zero-order chi connectivity index (χ0) is 11.7. The minimum atomic E-state index is 0.0198. The molecule has 0 atom stereocenters. The molecular weight excluding hydrogens is 218 g/mol. The van der Waals surface area contributed by atoms with E-state index in [1.165, 1.54) is 22.5 Å². The highest BCUT2D eigenvalue weighted by Crippen LogP contribution is 2.25. The smallest absolute Gasteiger partial charge is 0.178 e. The van der Waals surface area contributed by atoms with Crippen LogP contribution < -0.4 is 0 Å². The van der Waals surface area contributed by atoms with Crippen LogP contribution in [0.25, 0.3) is 10.6 Å². The maximum absolute atomic E-state index is 11.2. The van der Waals surface area contributed by atoms with E-state index in [0.29, 0.717) is 5.69 Å². The molecule has 1 heterocycles. The molecule has 0 aliphatic carbocycles. The van der Waals surface area contributed by atoms with Gasteiger partial charge < -0.3 is 0 Å². The molecule has 1 aromatic carbocycles. The van der Waals surface area contributed by atoms with Crippen molar-refractivity contribution in [1.82, 2.24) is 4.98 Å². The van der Waals surface area contributed by atoms with Crippen LogP contribution in [0, 0.1) is 13.8 Å². The van der Waals surface area contributed by atoms with E-state index >= 15 is 0 Å². The summed E-state index contributed by atoms with van der Waals surface area (Å²) in [5.74, 6) is 0.0198. The Bertz CT molecular complexity index is 543. The zero-order valence-corrected chi connectivity index (χ0v) is 10.4. The van der Waals surface area contributed by atoms with Crippen LogP contribution in [0.1, 0.15) is 28.5 Å². The molecule has 1 aromatic heterocycles. The summed E-state index contributed by atoms with van der Waals surface area (Å²) in [5.41, 5.74) is 4.16. The third kappa shape index (κ3) is 2.04. The van der Waals surface area contributed by atoms with Crippen molar-refractivity contribution in [2.24, 2.45) is 0 Å². The van der Waals surface area contributed by atoms with E-state index < -0.39 is 0 Å². The van der Waals surface area contributed by atoms with E-state index in [4.69, 9.17) is 0 Å². The largest absolute Gasteiger partial charge is 0.293 e. The van der Waals surface area contributed by atoms with Crippen molar-refractivity contribution in [3.8, 4) is 10.6 Å². The van der Waals surface area contributed by atoms with Gasteiger partial charge in [0.2, 0.25) is 0 Å². The number of thiazole rings is 1. The van der Waals surface area contributed by atoms with Crippen LogP contribution in [0.5, 0.6) is 0 Å². The average Bonchev–Trinajstić information content (AvgIpc) is 2.71. The molecular formula is C13H13NOS. The summed E-state index contributed by atoms with van der Waals surface area (Å²) >= 11 is 1.51. The van der Waals surface area contributed by atoms with E-state index in [1.807, 2.05) is 11.4 Å². The van der Waals surface area contributed by atoms with E-state index in [2.05, 4.69) is 31.0 Å². The minimum Gasteiger partial charge on any atom is -0.293 e. The quantitative estimate of drug-likeness (QED) is 0.739. The van der Waals surface area contributed by atoms with Crippen LogP contribution in [0.4, 0.5) is 0 Å². The Morgan fingerprint density at radius 1 is 1.25 bits per heavy atom. The SMILES string of the molecule is CC(=O)c1csc(-c2ccc(C)c(C)c2)n1. The molecule has 16 heavy (non-hydrogen) atoms. The highest BCUT2D eigenvalue weighted by atomic mass is 32.1. The van der Waals surface area contributed by atoms with Crippen molar-refractivity contribution in [3.63, 3.8) is 0 Å². The maximum Gasteiger partial charge on any atom is 0.178 e. The zero-order valence-electron chi connectivity index (χ0n) is 9.57. The Labute approximate surface area is 99.0 Å². The van der Waals surface area contributed by atoms with Crippen LogP contribution in [0.2, 0.25) is 0 Å². The minimum absolute atomic E-state index is 0.0198. The van der Waals surface area contributed by atoms with Crippen LogP contribution in [-0.2, 0) is 0 Å². The molecule has 0 saturated carbocycles. The van der Waals surface area contributed by atoms with Gasteiger partial charge in [-0.15, -0.1) is 11.3 Å². The van der Waals surface area contributed by atoms with Crippen molar-refractivity contribution in [3.05, 3.63) is 40.4 Å². The van der Waals surface area contributed by atoms with Gasteiger partial charge in [-0.3, -0.25) is 4.79 Å². The second-order valence-electron chi connectivity index (χ2n) is 3.89. The number of carbonyl (C=O) groups excluding carboxylic acids is 1. The first kappa shape index (κ1) is 11.0. The number of nitrogens with zero attached hydrogens (tertiary/aromatic N) is 1. The second kappa shape index (κ2) is 4.18. The molecule has 0 amide bonds. The normalized spacial score (nSPS) is 10.4. The van der Waals surface area contributed by atoms with Gasteiger partial charge >= 0.3 is 0 Å². The lowest BCUT2D eigenvalue weighted by atomic mass is 10.1. The Balaban J connectivity index is 2.42. The summed E-state index contributed by atoms with van der Waals surface area (Å²) in [6.45, 7) is 5.71. The lowest BCUT2D eigenvalue weighted by molar-refractivity contribution is 0.101. The summed E-state index contributed by atoms with van der Waals surface area (Å²) < 4.78 is 0. The number of benzene rings is 1. The summed E-state index contributed by atoms with van der Waals surface area (Å²) in [4.78, 5) is 15.5. The van der Waals surface area contributed by atoms with Crippen LogP contribution >= 0.6 is 11.3 Å². The molecule has 0 aliphatic rings. The van der Waals surface area contributed by atoms with Gasteiger partial charge in [-0.1, -0.05) is 12.1 Å². The van der Waals surface area contributed by atoms with Gasteiger partial charge in [0.15, 0.2) is 5.78 Å². The molecule has 0 spiro atoms. The molecule has 0 fully saturated rings.